The molecule has 2 aliphatic heterocycles. The largest absolute Gasteiger partial charge is 0.304 e. The lowest BCUT2D eigenvalue weighted by molar-refractivity contribution is -0.141. The molecule has 4 nitrogen and oxygen atoms in total. The molecule has 3 unspecified atom stereocenters. The van der Waals surface area contributed by atoms with Crippen molar-refractivity contribution in [2.75, 3.05) is 12.3 Å². The Morgan fingerprint density at radius 2 is 2.21 bits per heavy atom. The van der Waals surface area contributed by atoms with E-state index in [-0.39, 0.29) is 23.9 Å². The third-order valence-electron chi connectivity index (χ3n) is 4.08. The maximum absolute atomic E-state index is 12.2. The average molecular weight is 284 g/mol. The van der Waals surface area contributed by atoms with Crippen molar-refractivity contribution in [3.05, 3.63) is 0 Å². The van der Waals surface area contributed by atoms with E-state index in [1.807, 2.05) is 25.6 Å². The maximum Gasteiger partial charge on any atom is 0.247 e. The zero-order valence-corrected chi connectivity index (χ0v) is 12.7. The molecule has 0 aliphatic carbocycles. The van der Waals surface area contributed by atoms with Crippen molar-refractivity contribution in [3.63, 3.8) is 0 Å². The lowest BCUT2D eigenvalue weighted by atomic mass is 10.1. The number of carbonyl (C=O) groups excluding carboxylic acids is 2. The lowest BCUT2D eigenvalue weighted by Gasteiger charge is -2.24. The second-order valence-corrected chi connectivity index (χ2v) is 6.92. The molecule has 2 heterocycles. The van der Waals surface area contributed by atoms with Gasteiger partial charge in [-0.1, -0.05) is 13.3 Å². The third-order valence-corrected chi connectivity index (χ3v) is 5.48. The molecule has 2 rings (SSSR count). The highest BCUT2D eigenvalue weighted by atomic mass is 32.2. The SMILES string of the molecule is CCC(C)N1C(=O)CC(NCC2CCCCS2)C1=O. The maximum atomic E-state index is 12.2. The van der Waals surface area contributed by atoms with Gasteiger partial charge in [0.25, 0.3) is 0 Å². The molecule has 0 aromatic carbocycles. The van der Waals surface area contributed by atoms with E-state index in [4.69, 9.17) is 0 Å². The molecule has 2 aliphatic rings. The molecule has 0 saturated carbocycles. The first kappa shape index (κ1) is 14.9. The highest BCUT2D eigenvalue weighted by molar-refractivity contribution is 7.99. The number of nitrogens with zero attached hydrogens (tertiary/aromatic N) is 1. The molecule has 2 saturated heterocycles. The van der Waals surface area contributed by atoms with Crippen molar-refractivity contribution in [2.45, 2.75) is 63.3 Å². The zero-order valence-electron chi connectivity index (χ0n) is 11.9. The first-order valence-electron chi connectivity index (χ1n) is 7.34. The van der Waals surface area contributed by atoms with Crippen LogP contribution in [0.3, 0.4) is 0 Å². The number of nitrogens with one attached hydrogen (secondary N) is 1. The first-order valence-corrected chi connectivity index (χ1v) is 8.39. The van der Waals surface area contributed by atoms with Crippen LogP contribution < -0.4 is 5.32 Å². The highest BCUT2D eigenvalue weighted by Crippen LogP contribution is 2.25. The summed E-state index contributed by atoms with van der Waals surface area (Å²) < 4.78 is 0. The summed E-state index contributed by atoms with van der Waals surface area (Å²) in [7, 11) is 0. The Morgan fingerprint density at radius 1 is 1.42 bits per heavy atom. The van der Waals surface area contributed by atoms with Crippen LogP contribution in [0.5, 0.6) is 0 Å². The third kappa shape index (κ3) is 3.51. The summed E-state index contributed by atoms with van der Waals surface area (Å²) in [6.07, 6.45) is 4.98. The Labute approximate surface area is 119 Å². The molecule has 0 bridgehead atoms. The molecule has 19 heavy (non-hydrogen) atoms. The summed E-state index contributed by atoms with van der Waals surface area (Å²) >= 11 is 1.99. The molecular weight excluding hydrogens is 260 g/mol. The van der Waals surface area contributed by atoms with E-state index >= 15 is 0 Å². The number of hydrogen-bond donors (Lipinski definition) is 1. The van der Waals surface area contributed by atoms with Crippen molar-refractivity contribution in [1.82, 2.24) is 10.2 Å². The van der Waals surface area contributed by atoms with E-state index in [0.29, 0.717) is 11.7 Å². The van der Waals surface area contributed by atoms with Crippen molar-refractivity contribution in [1.29, 1.82) is 0 Å². The summed E-state index contributed by atoms with van der Waals surface area (Å²) in [6, 6.07) is -0.264. The highest BCUT2D eigenvalue weighted by Gasteiger charge is 2.40. The number of thioether (sulfide) groups is 1. The smallest absolute Gasteiger partial charge is 0.247 e. The minimum absolute atomic E-state index is 0.0202. The van der Waals surface area contributed by atoms with Crippen molar-refractivity contribution >= 4 is 23.6 Å². The van der Waals surface area contributed by atoms with Gasteiger partial charge in [-0.2, -0.15) is 11.8 Å². The summed E-state index contributed by atoms with van der Waals surface area (Å²) in [5.74, 6) is 1.18. The molecule has 0 aromatic rings. The Kier molecular flexibility index (Phi) is 5.28. The van der Waals surface area contributed by atoms with Crippen LogP contribution in [0.15, 0.2) is 0 Å². The Morgan fingerprint density at radius 3 is 2.84 bits per heavy atom. The van der Waals surface area contributed by atoms with Crippen LogP contribution in [0, 0.1) is 0 Å². The molecule has 5 heteroatoms. The number of amides is 2. The van der Waals surface area contributed by atoms with E-state index in [1.54, 1.807) is 0 Å². The van der Waals surface area contributed by atoms with Gasteiger partial charge in [-0.15, -0.1) is 0 Å². The van der Waals surface area contributed by atoms with E-state index in [9.17, 15) is 9.59 Å². The number of rotatable bonds is 5. The fraction of sp³-hybridized carbons (Fsp3) is 0.857. The molecule has 0 aromatic heterocycles. The van der Waals surface area contributed by atoms with Crippen LogP contribution in [0.2, 0.25) is 0 Å². The van der Waals surface area contributed by atoms with E-state index < -0.39 is 0 Å². The van der Waals surface area contributed by atoms with Crippen LogP contribution >= 0.6 is 11.8 Å². The van der Waals surface area contributed by atoms with Gasteiger partial charge in [-0.05, 0) is 31.9 Å². The quantitative estimate of drug-likeness (QED) is 0.782. The first-order chi connectivity index (χ1) is 9.13. The van der Waals surface area contributed by atoms with Gasteiger partial charge in [0.15, 0.2) is 0 Å². The minimum atomic E-state index is -0.288. The monoisotopic (exact) mass is 284 g/mol. The van der Waals surface area contributed by atoms with E-state index in [0.717, 1.165) is 13.0 Å². The average Bonchev–Trinajstić information content (AvgIpc) is 2.71. The topological polar surface area (TPSA) is 49.4 Å². The lowest BCUT2D eigenvalue weighted by Crippen LogP contribution is -2.44. The van der Waals surface area contributed by atoms with Crippen LogP contribution in [0.25, 0.3) is 0 Å². The van der Waals surface area contributed by atoms with Gasteiger partial charge in [0.1, 0.15) is 0 Å². The molecule has 1 N–H and O–H groups in total. The predicted octanol–water partition coefficient (Wildman–Crippen LogP) is 1.79. The molecule has 0 spiro atoms. The standard InChI is InChI=1S/C14H24N2O2S/c1-3-10(2)16-13(17)8-12(14(16)18)15-9-11-6-4-5-7-19-11/h10-12,15H,3-9H2,1-2H3. The Hall–Kier alpha value is -0.550. The van der Waals surface area contributed by atoms with Gasteiger partial charge < -0.3 is 5.32 Å². The zero-order chi connectivity index (χ0) is 13.8. The summed E-state index contributed by atoms with van der Waals surface area (Å²) in [4.78, 5) is 25.6. The predicted molar refractivity (Wildman–Crippen MR) is 78.1 cm³/mol. The van der Waals surface area contributed by atoms with Crippen LogP contribution in [0.1, 0.15) is 46.0 Å². The molecule has 2 fully saturated rings. The second kappa shape index (κ2) is 6.75. The van der Waals surface area contributed by atoms with Crippen LogP contribution in [0.4, 0.5) is 0 Å². The molecule has 108 valence electrons. The Balaban J connectivity index is 1.84. The Bertz CT molecular complexity index is 342. The van der Waals surface area contributed by atoms with Crippen molar-refractivity contribution in [3.8, 4) is 0 Å². The molecule has 3 atom stereocenters. The number of imide groups is 1. The number of carbonyl (C=O) groups is 2. The minimum Gasteiger partial charge on any atom is -0.304 e. The van der Waals surface area contributed by atoms with Crippen molar-refractivity contribution in [2.24, 2.45) is 0 Å². The van der Waals surface area contributed by atoms with Crippen molar-refractivity contribution < 1.29 is 9.59 Å². The van der Waals surface area contributed by atoms with E-state index in [1.165, 1.54) is 29.9 Å². The van der Waals surface area contributed by atoms with Gasteiger partial charge in [0.05, 0.1) is 12.5 Å². The fourth-order valence-corrected chi connectivity index (χ4v) is 3.95. The fourth-order valence-electron chi connectivity index (χ4n) is 2.70. The van der Waals surface area contributed by atoms with Gasteiger partial charge in [0.2, 0.25) is 11.8 Å². The van der Waals surface area contributed by atoms with Gasteiger partial charge in [-0.3, -0.25) is 14.5 Å². The van der Waals surface area contributed by atoms with Gasteiger partial charge >= 0.3 is 0 Å². The normalized spacial score (nSPS) is 29.9. The molecule has 0 radical (unpaired) electrons. The summed E-state index contributed by atoms with van der Waals surface area (Å²) in [6.45, 7) is 4.79. The molecular formula is C14H24N2O2S. The summed E-state index contributed by atoms with van der Waals surface area (Å²) in [5, 5.41) is 3.91. The molecule has 2 amide bonds. The second-order valence-electron chi connectivity index (χ2n) is 5.51. The summed E-state index contributed by atoms with van der Waals surface area (Å²) in [5.41, 5.74) is 0. The van der Waals surface area contributed by atoms with Crippen LogP contribution in [-0.2, 0) is 9.59 Å². The van der Waals surface area contributed by atoms with Crippen LogP contribution in [-0.4, -0.2) is 46.3 Å². The van der Waals surface area contributed by atoms with E-state index in [2.05, 4.69) is 5.32 Å². The number of hydrogen-bond acceptors (Lipinski definition) is 4. The number of likely N-dealkylation sites (tertiary alicyclic amines) is 1. The van der Waals surface area contributed by atoms with Gasteiger partial charge in [-0.25, -0.2) is 0 Å². The van der Waals surface area contributed by atoms with Gasteiger partial charge in [0, 0.05) is 17.8 Å².